The molecule has 3 nitrogen and oxygen atoms in total. The van der Waals surface area contributed by atoms with Gasteiger partial charge in [-0.3, -0.25) is 0 Å². The Bertz CT molecular complexity index is 477. The minimum Gasteiger partial charge on any atom is -0.219 e. The average molecular weight is 254 g/mol. The zero-order valence-corrected chi connectivity index (χ0v) is 10.5. The van der Waals surface area contributed by atoms with Crippen molar-refractivity contribution in [2.24, 2.45) is 5.92 Å². The highest BCUT2D eigenvalue weighted by atomic mass is 35.5. The summed E-state index contributed by atoms with van der Waals surface area (Å²) < 4.78 is 0. The van der Waals surface area contributed by atoms with Gasteiger partial charge in [-0.1, -0.05) is 30.8 Å². The van der Waals surface area contributed by atoms with Gasteiger partial charge in [0.25, 0.3) is 0 Å². The molecule has 5 heteroatoms. The standard InChI is InChI=1S/C11H12ClN3S/c1-8(6-12)7-16-11-13-9-4-2-3-5-10(9)14-15-11/h2-5,8H,6-7H2,1H3. The molecule has 84 valence electrons. The molecule has 1 aromatic carbocycles. The van der Waals surface area contributed by atoms with E-state index >= 15 is 0 Å². The fraction of sp³-hybridized carbons (Fsp3) is 0.364. The van der Waals surface area contributed by atoms with Crippen LogP contribution >= 0.6 is 23.4 Å². The molecule has 0 aliphatic rings. The zero-order valence-electron chi connectivity index (χ0n) is 8.93. The summed E-state index contributed by atoms with van der Waals surface area (Å²) >= 11 is 7.34. The molecule has 16 heavy (non-hydrogen) atoms. The van der Waals surface area contributed by atoms with Crippen molar-refractivity contribution in [2.45, 2.75) is 12.1 Å². The van der Waals surface area contributed by atoms with E-state index in [9.17, 15) is 0 Å². The van der Waals surface area contributed by atoms with Crippen molar-refractivity contribution in [3.05, 3.63) is 24.3 Å². The lowest BCUT2D eigenvalue weighted by atomic mass is 10.3. The van der Waals surface area contributed by atoms with Crippen molar-refractivity contribution < 1.29 is 0 Å². The highest BCUT2D eigenvalue weighted by Gasteiger charge is 2.05. The minimum absolute atomic E-state index is 0.460. The van der Waals surface area contributed by atoms with Gasteiger partial charge in [0.15, 0.2) is 0 Å². The molecule has 1 unspecified atom stereocenters. The van der Waals surface area contributed by atoms with Crippen molar-refractivity contribution in [3.63, 3.8) is 0 Å². The number of aromatic nitrogens is 3. The van der Waals surface area contributed by atoms with E-state index in [0.717, 1.165) is 21.9 Å². The highest BCUT2D eigenvalue weighted by molar-refractivity contribution is 7.99. The van der Waals surface area contributed by atoms with Gasteiger partial charge in [0.1, 0.15) is 5.52 Å². The van der Waals surface area contributed by atoms with Crippen molar-refractivity contribution >= 4 is 34.4 Å². The Balaban J connectivity index is 2.13. The molecule has 0 radical (unpaired) electrons. The molecule has 1 atom stereocenters. The molecule has 0 N–H and O–H groups in total. The van der Waals surface area contributed by atoms with Crippen LogP contribution in [0.3, 0.4) is 0 Å². The van der Waals surface area contributed by atoms with Gasteiger partial charge in [-0.25, -0.2) is 4.98 Å². The first kappa shape index (κ1) is 11.6. The van der Waals surface area contributed by atoms with Crippen molar-refractivity contribution in [1.29, 1.82) is 0 Å². The minimum atomic E-state index is 0.460. The van der Waals surface area contributed by atoms with Crippen LogP contribution in [0.2, 0.25) is 0 Å². The topological polar surface area (TPSA) is 38.7 Å². The smallest absolute Gasteiger partial charge is 0.209 e. The SMILES string of the molecule is CC(CCl)CSc1nnc2ccccc2n1. The van der Waals surface area contributed by atoms with E-state index in [2.05, 4.69) is 22.1 Å². The summed E-state index contributed by atoms with van der Waals surface area (Å²) in [5.74, 6) is 2.04. The van der Waals surface area contributed by atoms with Crippen LogP contribution < -0.4 is 0 Å². The zero-order chi connectivity index (χ0) is 11.4. The number of nitrogens with zero attached hydrogens (tertiary/aromatic N) is 3. The summed E-state index contributed by atoms with van der Waals surface area (Å²) in [5, 5.41) is 8.91. The molecular weight excluding hydrogens is 242 g/mol. The van der Waals surface area contributed by atoms with Crippen LogP contribution in [0.5, 0.6) is 0 Å². The van der Waals surface area contributed by atoms with Gasteiger partial charge in [-0.05, 0) is 18.1 Å². The summed E-state index contributed by atoms with van der Waals surface area (Å²) in [6, 6.07) is 7.73. The van der Waals surface area contributed by atoms with Gasteiger partial charge in [0.05, 0.1) is 5.52 Å². The maximum absolute atomic E-state index is 5.74. The fourth-order valence-corrected chi connectivity index (χ4v) is 2.24. The number of hydrogen-bond acceptors (Lipinski definition) is 4. The molecule has 0 aliphatic heterocycles. The fourth-order valence-electron chi connectivity index (χ4n) is 1.19. The molecule has 0 aliphatic carbocycles. The van der Waals surface area contributed by atoms with Crippen LogP contribution in [-0.2, 0) is 0 Å². The second kappa shape index (κ2) is 5.46. The van der Waals surface area contributed by atoms with Crippen molar-refractivity contribution in [2.75, 3.05) is 11.6 Å². The quantitative estimate of drug-likeness (QED) is 0.620. The first-order valence-electron chi connectivity index (χ1n) is 5.08. The molecule has 0 amide bonds. The number of rotatable bonds is 4. The molecule has 0 fully saturated rings. The maximum atomic E-state index is 5.74. The van der Waals surface area contributed by atoms with Crippen molar-refractivity contribution in [1.82, 2.24) is 15.2 Å². The maximum Gasteiger partial charge on any atom is 0.209 e. The summed E-state index contributed by atoms with van der Waals surface area (Å²) in [4.78, 5) is 4.43. The third-order valence-corrected chi connectivity index (χ3v) is 3.80. The molecule has 0 saturated heterocycles. The summed E-state index contributed by atoms with van der Waals surface area (Å²) in [6.45, 7) is 2.11. The number of para-hydroxylation sites is 1. The number of benzene rings is 1. The van der Waals surface area contributed by atoms with Gasteiger partial charge >= 0.3 is 0 Å². The second-order valence-corrected chi connectivity index (χ2v) is 4.95. The van der Waals surface area contributed by atoms with Gasteiger partial charge in [0.2, 0.25) is 5.16 Å². The van der Waals surface area contributed by atoms with Crippen LogP contribution in [0.25, 0.3) is 11.0 Å². The average Bonchev–Trinajstić information content (AvgIpc) is 2.35. The highest BCUT2D eigenvalue weighted by Crippen LogP contribution is 2.18. The molecule has 1 heterocycles. The number of hydrogen-bond donors (Lipinski definition) is 0. The third-order valence-electron chi connectivity index (χ3n) is 2.10. The van der Waals surface area contributed by atoms with Crippen LogP contribution in [0.1, 0.15) is 6.92 Å². The van der Waals surface area contributed by atoms with E-state index in [1.165, 1.54) is 0 Å². The molecule has 0 bridgehead atoms. The third kappa shape index (κ3) is 2.83. The van der Waals surface area contributed by atoms with E-state index in [4.69, 9.17) is 11.6 Å². The lowest BCUT2D eigenvalue weighted by molar-refractivity contribution is 0.754. The molecule has 2 aromatic rings. The van der Waals surface area contributed by atoms with Gasteiger partial charge in [0, 0.05) is 11.6 Å². The summed E-state index contributed by atoms with van der Waals surface area (Å²) in [5.41, 5.74) is 1.72. The second-order valence-electron chi connectivity index (χ2n) is 3.65. The van der Waals surface area contributed by atoms with E-state index in [0.29, 0.717) is 11.8 Å². The van der Waals surface area contributed by atoms with Crippen LogP contribution in [0, 0.1) is 5.92 Å². The van der Waals surface area contributed by atoms with Gasteiger partial charge in [-0.2, -0.15) is 0 Å². The van der Waals surface area contributed by atoms with E-state index in [-0.39, 0.29) is 0 Å². The van der Waals surface area contributed by atoms with Crippen LogP contribution in [0.15, 0.2) is 29.4 Å². The Labute approximate surface area is 104 Å². The van der Waals surface area contributed by atoms with Crippen LogP contribution in [0.4, 0.5) is 0 Å². The molecule has 1 aromatic heterocycles. The molecular formula is C11H12ClN3S. The largest absolute Gasteiger partial charge is 0.219 e. The lowest BCUT2D eigenvalue weighted by Gasteiger charge is -2.05. The Kier molecular flexibility index (Phi) is 3.96. The van der Waals surface area contributed by atoms with Crippen LogP contribution in [-0.4, -0.2) is 26.8 Å². The predicted molar refractivity (Wildman–Crippen MR) is 67.9 cm³/mol. The van der Waals surface area contributed by atoms with E-state index in [1.54, 1.807) is 11.8 Å². The van der Waals surface area contributed by atoms with E-state index < -0.39 is 0 Å². The lowest BCUT2D eigenvalue weighted by Crippen LogP contribution is -2.01. The normalized spacial score (nSPS) is 12.9. The Morgan fingerprint density at radius 1 is 1.25 bits per heavy atom. The molecule has 0 saturated carbocycles. The molecule has 2 rings (SSSR count). The van der Waals surface area contributed by atoms with Gasteiger partial charge in [-0.15, -0.1) is 21.8 Å². The summed E-state index contributed by atoms with van der Waals surface area (Å²) in [6.07, 6.45) is 0. The first-order chi connectivity index (χ1) is 7.79. The number of fused-ring (bicyclic) bond motifs is 1. The van der Waals surface area contributed by atoms with Crippen molar-refractivity contribution in [3.8, 4) is 0 Å². The summed E-state index contributed by atoms with van der Waals surface area (Å²) in [7, 11) is 0. The Morgan fingerprint density at radius 3 is 2.75 bits per heavy atom. The monoisotopic (exact) mass is 253 g/mol. The number of alkyl halides is 1. The first-order valence-corrected chi connectivity index (χ1v) is 6.60. The molecule has 0 spiro atoms. The number of halogens is 1. The number of thioether (sulfide) groups is 1. The predicted octanol–water partition coefficient (Wildman–Crippen LogP) is 2.99. The Morgan fingerprint density at radius 2 is 2.00 bits per heavy atom. The van der Waals surface area contributed by atoms with Gasteiger partial charge < -0.3 is 0 Å². The van der Waals surface area contributed by atoms with E-state index in [1.807, 2.05) is 24.3 Å². The Hall–Kier alpha value is -0.870.